The largest absolute Gasteiger partial charge is 0.298 e. The third-order valence-electron chi connectivity index (χ3n) is 4.95. The molecule has 1 aliphatic heterocycles. The number of aryl methyl sites for hydroxylation is 1. The molecule has 1 aliphatic rings. The highest BCUT2D eigenvalue weighted by Crippen LogP contribution is 2.29. The van der Waals surface area contributed by atoms with E-state index in [9.17, 15) is 8.42 Å². The van der Waals surface area contributed by atoms with Gasteiger partial charge in [0.1, 0.15) is 0 Å². The Bertz CT molecular complexity index is 905. The molecule has 0 bridgehead atoms. The maximum atomic E-state index is 11.8. The van der Waals surface area contributed by atoms with E-state index in [0.29, 0.717) is 29.6 Å². The van der Waals surface area contributed by atoms with Gasteiger partial charge in [-0.2, -0.15) is 5.10 Å². The van der Waals surface area contributed by atoms with E-state index >= 15 is 0 Å². The SMILES string of the molecule is Cc1nn([C@@H]2CCS(=O)(=O)C2)c(C)c1CN(C)Cc1c(Cl)cccc1Cl. The van der Waals surface area contributed by atoms with Crippen LogP contribution in [0.4, 0.5) is 0 Å². The lowest BCUT2D eigenvalue weighted by atomic mass is 10.1. The van der Waals surface area contributed by atoms with Gasteiger partial charge in [0, 0.05) is 40.0 Å². The van der Waals surface area contributed by atoms with Gasteiger partial charge in [0.05, 0.1) is 23.2 Å². The topological polar surface area (TPSA) is 55.2 Å². The molecule has 0 spiro atoms. The van der Waals surface area contributed by atoms with E-state index in [-0.39, 0.29) is 17.5 Å². The van der Waals surface area contributed by atoms with Crippen LogP contribution in [0.5, 0.6) is 0 Å². The molecule has 26 heavy (non-hydrogen) atoms. The van der Waals surface area contributed by atoms with Gasteiger partial charge in [0.25, 0.3) is 0 Å². The highest BCUT2D eigenvalue weighted by atomic mass is 35.5. The van der Waals surface area contributed by atoms with Crippen molar-refractivity contribution in [2.75, 3.05) is 18.6 Å². The maximum Gasteiger partial charge on any atom is 0.152 e. The summed E-state index contributed by atoms with van der Waals surface area (Å²) in [5.74, 6) is 0.426. The summed E-state index contributed by atoms with van der Waals surface area (Å²) in [7, 11) is -0.928. The molecule has 0 amide bonds. The van der Waals surface area contributed by atoms with Gasteiger partial charge in [-0.3, -0.25) is 9.58 Å². The summed E-state index contributed by atoms with van der Waals surface area (Å²) in [6, 6.07) is 5.45. The number of hydrogen-bond donors (Lipinski definition) is 0. The second-order valence-electron chi connectivity index (χ2n) is 7.02. The van der Waals surface area contributed by atoms with Crippen molar-refractivity contribution in [2.24, 2.45) is 0 Å². The summed E-state index contributed by atoms with van der Waals surface area (Å²) in [6.07, 6.45) is 0.634. The van der Waals surface area contributed by atoms with Crippen molar-refractivity contribution in [3.8, 4) is 0 Å². The van der Waals surface area contributed by atoms with Crippen molar-refractivity contribution in [1.82, 2.24) is 14.7 Å². The third-order valence-corrected chi connectivity index (χ3v) is 7.41. The molecule has 5 nitrogen and oxygen atoms in total. The van der Waals surface area contributed by atoms with Crippen molar-refractivity contribution in [3.05, 3.63) is 50.8 Å². The van der Waals surface area contributed by atoms with Gasteiger partial charge in [-0.05, 0) is 39.4 Å². The van der Waals surface area contributed by atoms with E-state index in [2.05, 4.69) is 10.00 Å². The first-order valence-corrected chi connectivity index (χ1v) is 11.1. The molecule has 1 saturated heterocycles. The van der Waals surface area contributed by atoms with Crippen molar-refractivity contribution >= 4 is 33.0 Å². The van der Waals surface area contributed by atoms with E-state index < -0.39 is 9.84 Å². The molecule has 0 N–H and O–H groups in total. The monoisotopic (exact) mass is 415 g/mol. The number of nitrogens with zero attached hydrogens (tertiary/aromatic N) is 3. The molecule has 2 aromatic rings. The fourth-order valence-corrected chi connectivity index (χ4v) is 5.74. The minimum atomic E-state index is -2.94. The summed E-state index contributed by atoms with van der Waals surface area (Å²) in [6.45, 7) is 5.30. The summed E-state index contributed by atoms with van der Waals surface area (Å²) in [5.41, 5.74) is 3.99. The zero-order valence-electron chi connectivity index (χ0n) is 15.2. The third kappa shape index (κ3) is 4.09. The van der Waals surface area contributed by atoms with Crippen molar-refractivity contribution in [1.29, 1.82) is 0 Å². The first kappa shape index (κ1) is 19.7. The van der Waals surface area contributed by atoms with Gasteiger partial charge in [-0.25, -0.2) is 8.42 Å². The van der Waals surface area contributed by atoms with Crippen LogP contribution in [0.2, 0.25) is 10.0 Å². The van der Waals surface area contributed by atoms with Crippen LogP contribution in [0.1, 0.15) is 35.0 Å². The van der Waals surface area contributed by atoms with Crippen LogP contribution in [0.15, 0.2) is 18.2 Å². The first-order chi connectivity index (χ1) is 12.2. The second kappa shape index (κ2) is 7.50. The standard InChI is InChI=1S/C18H23Cl2N3O2S/c1-12-15(9-22(3)10-16-17(19)5-4-6-18(16)20)13(2)23(21-12)14-7-8-26(24,25)11-14/h4-6,14H,7-11H2,1-3H3/t14-/m1/s1. The lowest BCUT2D eigenvalue weighted by Gasteiger charge is -2.19. The minimum absolute atomic E-state index is 0.0595. The highest BCUT2D eigenvalue weighted by molar-refractivity contribution is 7.91. The van der Waals surface area contributed by atoms with E-state index in [1.807, 2.05) is 43.8 Å². The van der Waals surface area contributed by atoms with E-state index in [0.717, 1.165) is 22.5 Å². The molecular formula is C18H23Cl2N3O2S. The zero-order chi connectivity index (χ0) is 19.1. The predicted octanol–water partition coefficient (Wildman–Crippen LogP) is 3.80. The van der Waals surface area contributed by atoms with Gasteiger partial charge < -0.3 is 0 Å². The molecule has 0 aliphatic carbocycles. The Labute approximate surface area is 164 Å². The summed E-state index contributed by atoms with van der Waals surface area (Å²) in [5, 5.41) is 5.94. The molecule has 3 rings (SSSR count). The molecule has 1 fully saturated rings. The van der Waals surface area contributed by atoms with Crippen LogP contribution < -0.4 is 0 Å². The number of halogens is 2. The number of hydrogen-bond acceptors (Lipinski definition) is 4. The molecule has 1 atom stereocenters. The maximum absolute atomic E-state index is 11.8. The molecular weight excluding hydrogens is 393 g/mol. The smallest absolute Gasteiger partial charge is 0.152 e. The lowest BCUT2D eigenvalue weighted by molar-refractivity contribution is 0.317. The minimum Gasteiger partial charge on any atom is -0.298 e. The molecule has 1 aromatic heterocycles. The van der Waals surface area contributed by atoms with Crippen LogP contribution in [0, 0.1) is 13.8 Å². The average molecular weight is 416 g/mol. The van der Waals surface area contributed by atoms with E-state index in [4.69, 9.17) is 23.2 Å². The van der Waals surface area contributed by atoms with Gasteiger partial charge in [0.2, 0.25) is 0 Å². The van der Waals surface area contributed by atoms with Crippen molar-refractivity contribution in [3.63, 3.8) is 0 Å². The highest BCUT2D eigenvalue weighted by Gasteiger charge is 2.31. The molecule has 2 heterocycles. The van der Waals surface area contributed by atoms with Crippen molar-refractivity contribution in [2.45, 2.75) is 39.4 Å². The summed E-state index contributed by atoms with van der Waals surface area (Å²) >= 11 is 12.5. The summed E-state index contributed by atoms with van der Waals surface area (Å²) in [4.78, 5) is 2.14. The van der Waals surface area contributed by atoms with Crippen molar-refractivity contribution < 1.29 is 8.42 Å². The molecule has 0 unspecified atom stereocenters. The fourth-order valence-electron chi connectivity index (χ4n) is 3.53. The predicted molar refractivity (Wildman–Crippen MR) is 106 cm³/mol. The quantitative estimate of drug-likeness (QED) is 0.744. The Morgan fingerprint density at radius 2 is 1.81 bits per heavy atom. The van der Waals surface area contributed by atoms with Gasteiger partial charge in [0.15, 0.2) is 9.84 Å². The van der Waals surface area contributed by atoms with Crippen LogP contribution in [-0.4, -0.2) is 41.7 Å². The Kier molecular flexibility index (Phi) is 5.68. The second-order valence-corrected chi connectivity index (χ2v) is 10.1. The average Bonchev–Trinajstić information content (AvgIpc) is 3.05. The van der Waals surface area contributed by atoms with Crippen LogP contribution in [0.25, 0.3) is 0 Å². The van der Waals surface area contributed by atoms with Crippen LogP contribution >= 0.6 is 23.2 Å². The fraction of sp³-hybridized carbons (Fsp3) is 0.500. The van der Waals surface area contributed by atoms with Crippen LogP contribution in [0.3, 0.4) is 0 Å². The Morgan fingerprint density at radius 1 is 1.19 bits per heavy atom. The number of rotatable bonds is 5. The van der Waals surface area contributed by atoms with E-state index in [1.165, 1.54) is 0 Å². The summed E-state index contributed by atoms with van der Waals surface area (Å²) < 4.78 is 25.5. The van der Waals surface area contributed by atoms with Gasteiger partial charge >= 0.3 is 0 Å². The molecule has 0 saturated carbocycles. The Morgan fingerprint density at radius 3 is 2.38 bits per heavy atom. The molecule has 0 radical (unpaired) electrons. The van der Waals surface area contributed by atoms with E-state index in [1.54, 1.807) is 0 Å². The molecule has 8 heteroatoms. The number of benzene rings is 1. The van der Waals surface area contributed by atoms with Gasteiger partial charge in [-0.15, -0.1) is 0 Å². The lowest BCUT2D eigenvalue weighted by Crippen LogP contribution is -2.19. The van der Waals surface area contributed by atoms with Gasteiger partial charge in [-0.1, -0.05) is 29.3 Å². The first-order valence-electron chi connectivity index (χ1n) is 8.54. The molecule has 142 valence electrons. The number of aromatic nitrogens is 2. The number of sulfone groups is 1. The Balaban J connectivity index is 1.78. The normalized spacial score (nSPS) is 19.4. The zero-order valence-corrected chi connectivity index (χ0v) is 17.5. The van der Waals surface area contributed by atoms with Crippen LogP contribution in [-0.2, 0) is 22.9 Å². The molecule has 1 aromatic carbocycles. The Hall–Kier alpha value is -1.08.